The fraction of sp³-hybridized carbons (Fsp3) is 0.464. The van der Waals surface area contributed by atoms with Gasteiger partial charge in [-0.1, -0.05) is 12.1 Å². The van der Waals surface area contributed by atoms with E-state index in [1.165, 1.54) is 0 Å². The summed E-state index contributed by atoms with van der Waals surface area (Å²) in [6.07, 6.45) is 2.29. The van der Waals surface area contributed by atoms with Crippen LogP contribution in [0.25, 0.3) is 0 Å². The third kappa shape index (κ3) is 6.42. The highest BCUT2D eigenvalue weighted by Crippen LogP contribution is 2.28. The van der Waals surface area contributed by atoms with E-state index in [2.05, 4.69) is 34.2 Å². The molecule has 2 aromatic carbocycles. The number of rotatable bonds is 8. The largest absolute Gasteiger partial charge is 0.370 e. The summed E-state index contributed by atoms with van der Waals surface area (Å²) in [4.78, 5) is 30.9. The van der Waals surface area contributed by atoms with Gasteiger partial charge in [0, 0.05) is 75.6 Å². The number of carbonyl (C=O) groups excluding carboxylic acids is 2. The van der Waals surface area contributed by atoms with E-state index in [1.807, 2.05) is 47.4 Å². The van der Waals surface area contributed by atoms with Gasteiger partial charge in [-0.25, -0.2) is 0 Å². The van der Waals surface area contributed by atoms with E-state index >= 15 is 0 Å². The first kappa shape index (κ1) is 25.7. The smallest absolute Gasteiger partial charge is 0.253 e. The number of carbonyl (C=O) groups is 2. The van der Waals surface area contributed by atoms with Crippen molar-refractivity contribution in [2.45, 2.75) is 44.8 Å². The van der Waals surface area contributed by atoms with E-state index in [4.69, 9.17) is 5.73 Å². The number of amides is 2. The van der Waals surface area contributed by atoms with E-state index < -0.39 is 0 Å². The number of likely N-dealkylation sites (tertiary alicyclic amines) is 1. The lowest BCUT2D eigenvalue weighted by atomic mass is 9.98. The van der Waals surface area contributed by atoms with E-state index in [9.17, 15) is 14.9 Å². The molecule has 0 radical (unpaired) electrons. The Morgan fingerprint density at radius 3 is 2.44 bits per heavy atom. The summed E-state index contributed by atoms with van der Waals surface area (Å²) < 4.78 is 0. The normalized spacial score (nSPS) is 17.8. The molecule has 2 aliphatic rings. The molecule has 2 heterocycles. The topological polar surface area (TPSA) is 106 Å². The Labute approximate surface area is 213 Å². The minimum Gasteiger partial charge on any atom is -0.370 e. The fourth-order valence-electron chi connectivity index (χ4n) is 5.27. The number of piperazine rings is 1. The van der Waals surface area contributed by atoms with Crippen LogP contribution in [0.3, 0.4) is 0 Å². The number of hydrogen-bond acceptors (Lipinski definition) is 6. The fourth-order valence-corrected chi connectivity index (χ4v) is 5.27. The third-order valence-corrected chi connectivity index (χ3v) is 7.32. The minimum absolute atomic E-state index is 0.0769. The van der Waals surface area contributed by atoms with Crippen molar-refractivity contribution in [1.29, 1.82) is 5.26 Å². The van der Waals surface area contributed by atoms with Gasteiger partial charge in [0.1, 0.15) is 0 Å². The maximum Gasteiger partial charge on any atom is 0.253 e. The molecule has 0 aliphatic carbocycles. The lowest BCUT2D eigenvalue weighted by molar-refractivity contribution is -0.119. The van der Waals surface area contributed by atoms with Crippen molar-refractivity contribution in [3.05, 3.63) is 65.2 Å². The number of primary amides is 1. The predicted molar refractivity (Wildman–Crippen MR) is 140 cm³/mol. The Bertz CT molecular complexity index is 1080. The van der Waals surface area contributed by atoms with Gasteiger partial charge in [-0.2, -0.15) is 5.26 Å². The van der Waals surface area contributed by atoms with Crippen molar-refractivity contribution >= 4 is 17.5 Å². The molecule has 0 bridgehead atoms. The molecule has 2 amide bonds. The van der Waals surface area contributed by atoms with Gasteiger partial charge in [0.2, 0.25) is 5.91 Å². The van der Waals surface area contributed by atoms with Gasteiger partial charge in [0.15, 0.2) is 0 Å². The summed E-state index contributed by atoms with van der Waals surface area (Å²) in [5, 5.41) is 12.6. The number of nitrogens with two attached hydrogens (primary N) is 1. The van der Waals surface area contributed by atoms with Gasteiger partial charge in [-0.3, -0.25) is 14.5 Å². The van der Waals surface area contributed by atoms with E-state index in [-0.39, 0.29) is 17.9 Å². The molecule has 0 saturated carbocycles. The molecule has 2 aromatic rings. The molecule has 8 nitrogen and oxygen atoms in total. The first-order valence-electron chi connectivity index (χ1n) is 12.8. The van der Waals surface area contributed by atoms with Crippen LogP contribution in [0.2, 0.25) is 0 Å². The number of anilines is 1. The Kier molecular flexibility index (Phi) is 8.57. The molecule has 1 atom stereocenters. The second-order valence-corrected chi connectivity index (χ2v) is 9.82. The highest BCUT2D eigenvalue weighted by molar-refractivity contribution is 5.94. The summed E-state index contributed by atoms with van der Waals surface area (Å²) in [7, 11) is 0. The number of nitrogens with one attached hydrogen (secondary N) is 1. The summed E-state index contributed by atoms with van der Waals surface area (Å²) in [5.74, 6) is -0.188. The summed E-state index contributed by atoms with van der Waals surface area (Å²) >= 11 is 0. The number of hydrogen-bond donors (Lipinski definition) is 2. The number of nitrogens with zero attached hydrogens (tertiary/aromatic N) is 4. The first-order chi connectivity index (χ1) is 17.4. The average molecular weight is 489 g/mol. The van der Waals surface area contributed by atoms with Crippen LogP contribution in [0.1, 0.15) is 47.7 Å². The van der Waals surface area contributed by atoms with Gasteiger partial charge in [0.25, 0.3) is 5.91 Å². The molecule has 0 spiro atoms. The maximum atomic E-state index is 12.9. The lowest BCUT2D eigenvalue weighted by Gasteiger charge is -2.41. The second kappa shape index (κ2) is 12.0. The number of nitriles is 1. The number of piperidine rings is 1. The Hall–Kier alpha value is -3.41. The minimum atomic E-state index is -0.265. The van der Waals surface area contributed by atoms with Gasteiger partial charge in [-0.05, 0) is 61.7 Å². The van der Waals surface area contributed by atoms with Crippen LogP contribution in [0, 0.1) is 11.3 Å². The van der Waals surface area contributed by atoms with Gasteiger partial charge in [-0.15, -0.1) is 0 Å². The SMILES string of the molecule is CC(CC(N)=O)N1CCC(N(Cc2cccc(C#N)c2)c2ccc(C(=O)N3CCNCC3)cc2)CC1. The summed E-state index contributed by atoms with van der Waals surface area (Å²) in [6.45, 7) is 7.66. The summed E-state index contributed by atoms with van der Waals surface area (Å²) in [5.41, 5.74) is 8.93. The maximum absolute atomic E-state index is 12.9. The van der Waals surface area contributed by atoms with Crippen molar-refractivity contribution in [3.63, 3.8) is 0 Å². The molecule has 190 valence electrons. The van der Waals surface area contributed by atoms with Crippen molar-refractivity contribution < 1.29 is 9.59 Å². The van der Waals surface area contributed by atoms with Gasteiger partial charge >= 0.3 is 0 Å². The second-order valence-electron chi connectivity index (χ2n) is 9.82. The third-order valence-electron chi connectivity index (χ3n) is 7.32. The van der Waals surface area contributed by atoms with Crippen molar-refractivity contribution in [2.75, 3.05) is 44.2 Å². The molecule has 36 heavy (non-hydrogen) atoms. The van der Waals surface area contributed by atoms with E-state index in [0.717, 1.165) is 63.4 Å². The van der Waals surface area contributed by atoms with E-state index in [1.54, 1.807) is 0 Å². The molecule has 2 saturated heterocycles. The van der Waals surface area contributed by atoms with Gasteiger partial charge in [0.05, 0.1) is 11.6 Å². The molecule has 2 aliphatic heterocycles. The molecular weight excluding hydrogens is 452 g/mol. The first-order valence-corrected chi connectivity index (χ1v) is 12.8. The van der Waals surface area contributed by atoms with Crippen LogP contribution in [0.15, 0.2) is 48.5 Å². The molecule has 0 aromatic heterocycles. The molecule has 2 fully saturated rings. The average Bonchev–Trinajstić information content (AvgIpc) is 2.92. The quantitative estimate of drug-likeness (QED) is 0.591. The monoisotopic (exact) mass is 488 g/mol. The van der Waals surface area contributed by atoms with Crippen LogP contribution < -0.4 is 16.0 Å². The van der Waals surface area contributed by atoms with Crippen molar-refractivity contribution in [1.82, 2.24) is 15.1 Å². The predicted octanol–water partition coefficient (Wildman–Crippen LogP) is 2.34. The highest BCUT2D eigenvalue weighted by atomic mass is 16.2. The van der Waals surface area contributed by atoms with E-state index in [0.29, 0.717) is 30.1 Å². The number of benzene rings is 2. The van der Waals surface area contributed by atoms with Crippen LogP contribution in [-0.2, 0) is 11.3 Å². The van der Waals surface area contributed by atoms with Crippen molar-refractivity contribution in [3.8, 4) is 6.07 Å². The lowest BCUT2D eigenvalue weighted by Crippen LogP contribution is -2.48. The van der Waals surface area contributed by atoms with Crippen LogP contribution in [0.5, 0.6) is 0 Å². The zero-order valence-electron chi connectivity index (χ0n) is 21.0. The zero-order valence-corrected chi connectivity index (χ0v) is 21.0. The standard InChI is InChI=1S/C28H36N6O2/c1-21(17-27(30)35)32-13-9-26(10-14-32)34(20-23-4-2-3-22(18-23)19-29)25-7-5-24(6-8-25)28(36)33-15-11-31-12-16-33/h2-8,18,21,26,31H,9-17,20H2,1H3,(H2,30,35). The molecule has 3 N–H and O–H groups in total. The molecular formula is C28H36N6O2. The highest BCUT2D eigenvalue weighted by Gasteiger charge is 2.28. The zero-order chi connectivity index (χ0) is 25.5. The Morgan fingerprint density at radius 2 is 1.81 bits per heavy atom. The van der Waals surface area contributed by atoms with Crippen LogP contribution >= 0.6 is 0 Å². The Morgan fingerprint density at radius 1 is 1.11 bits per heavy atom. The molecule has 4 rings (SSSR count). The Balaban J connectivity index is 1.51. The molecule has 1 unspecified atom stereocenters. The van der Waals surface area contributed by atoms with Gasteiger partial charge < -0.3 is 20.9 Å². The van der Waals surface area contributed by atoms with Crippen molar-refractivity contribution in [2.24, 2.45) is 5.73 Å². The summed E-state index contributed by atoms with van der Waals surface area (Å²) in [6, 6.07) is 18.4. The van der Waals surface area contributed by atoms with Crippen LogP contribution in [-0.4, -0.2) is 73.0 Å². The van der Waals surface area contributed by atoms with Crippen LogP contribution in [0.4, 0.5) is 5.69 Å². The molecule has 8 heteroatoms.